The average Bonchev–Trinajstić information content (AvgIpc) is 2.45. The van der Waals surface area contributed by atoms with E-state index >= 15 is 0 Å². The first kappa shape index (κ1) is 14.0. The van der Waals surface area contributed by atoms with Crippen molar-refractivity contribution in [1.29, 1.82) is 0 Å². The topological polar surface area (TPSA) is 40.5 Å². The lowest BCUT2D eigenvalue weighted by molar-refractivity contribution is 0.0774. The first-order chi connectivity index (χ1) is 9.67. The molecule has 0 bridgehead atoms. The molecule has 2 aromatic carbocycles. The number of carbonyl (C=O) groups excluding carboxylic acids is 1. The Morgan fingerprint density at radius 1 is 1.30 bits per heavy atom. The van der Waals surface area contributed by atoms with Gasteiger partial charge < -0.3 is 10.0 Å². The zero-order chi connectivity index (χ0) is 14.5. The number of aromatic hydroxyl groups is 1. The Morgan fingerprint density at radius 2 is 1.95 bits per heavy atom. The van der Waals surface area contributed by atoms with E-state index < -0.39 is 0 Å². The van der Waals surface area contributed by atoms with Gasteiger partial charge in [-0.1, -0.05) is 37.1 Å². The van der Waals surface area contributed by atoms with Gasteiger partial charge in [0.15, 0.2) is 0 Å². The van der Waals surface area contributed by atoms with E-state index in [1.165, 1.54) is 0 Å². The van der Waals surface area contributed by atoms with Crippen LogP contribution in [0.2, 0.25) is 0 Å². The summed E-state index contributed by atoms with van der Waals surface area (Å²) in [5, 5.41) is 11.9. The molecule has 0 aromatic heterocycles. The number of benzene rings is 2. The summed E-state index contributed by atoms with van der Waals surface area (Å²) < 4.78 is 0. The Hall–Kier alpha value is -2.47. The molecular weight excluding hydrogens is 250 g/mol. The van der Waals surface area contributed by atoms with Gasteiger partial charge in [-0.05, 0) is 29.3 Å². The molecule has 0 atom stereocenters. The molecule has 0 saturated carbocycles. The molecule has 1 N–H and O–H groups in total. The highest BCUT2D eigenvalue weighted by molar-refractivity contribution is 6.01. The van der Waals surface area contributed by atoms with Gasteiger partial charge in [0.05, 0.1) is 12.1 Å². The van der Waals surface area contributed by atoms with E-state index in [0.29, 0.717) is 12.1 Å². The van der Waals surface area contributed by atoms with Crippen molar-refractivity contribution in [2.24, 2.45) is 0 Å². The molecule has 0 aliphatic carbocycles. The third kappa shape index (κ3) is 2.75. The van der Waals surface area contributed by atoms with Crippen LogP contribution in [0.3, 0.4) is 0 Å². The third-order valence-electron chi connectivity index (χ3n) is 3.16. The van der Waals surface area contributed by atoms with Crippen molar-refractivity contribution in [3.05, 3.63) is 42.0 Å². The zero-order valence-corrected chi connectivity index (χ0v) is 11.5. The van der Waals surface area contributed by atoms with Crippen molar-refractivity contribution in [2.75, 3.05) is 13.1 Å². The number of amides is 1. The highest BCUT2D eigenvalue weighted by atomic mass is 16.3. The fourth-order valence-corrected chi connectivity index (χ4v) is 2.20. The highest BCUT2D eigenvalue weighted by Gasteiger charge is 2.18. The van der Waals surface area contributed by atoms with Crippen LogP contribution in [0.5, 0.6) is 5.75 Å². The van der Waals surface area contributed by atoms with E-state index in [1.807, 2.05) is 31.2 Å². The predicted molar refractivity (Wildman–Crippen MR) is 80.6 cm³/mol. The molecule has 3 nitrogen and oxygen atoms in total. The maximum Gasteiger partial charge on any atom is 0.258 e. The van der Waals surface area contributed by atoms with E-state index in [4.69, 9.17) is 6.42 Å². The maximum atomic E-state index is 12.5. The van der Waals surface area contributed by atoms with Gasteiger partial charge in [-0.2, -0.15) is 0 Å². The Labute approximate surface area is 118 Å². The lowest BCUT2D eigenvalue weighted by Crippen LogP contribution is -2.32. The summed E-state index contributed by atoms with van der Waals surface area (Å²) in [6.45, 7) is 2.81. The maximum absolute atomic E-state index is 12.5. The summed E-state index contributed by atoms with van der Waals surface area (Å²) in [7, 11) is 0. The van der Waals surface area contributed by atoms with Crippen molar-refractivity contribution in [2.45, 2.75) is 13.3 Å². The molecule has 102 valence electrons. The molecule has 0 aliphatic heterocycles. The predicted octanol–water partition coefficient (Wildman–Crippen LogP) is 3.03. The standard InChI is InChI=1S/C17H17NO2/c1-3-9-18(10-4-2)17(20)15-11-13-7-5-6-8-14(13)12-16(15)19/h1,5-8,11-12,19H,4,9-10H2,2H3. The van der Waals surface area contributed by atoms with Crippen molar-refractivity contribution in [3.8, 4) is 18.1 Å². The number of hydrogen-bond donors (Lipinski definition) is 1. The molecule has 0 saturated heterocycles. The van der Waals surface area contributed by atoms with Crippen molar-refractivity contribution < 1.29 is 9.90 Å². The monoisotopic (exact) mass is 267 g/mol. The van der Waals surface area contributed by atoms with Gasteiger partial charge in [0, 0.05) is 6.54 Å². The number of hydrogen-bond acceptors (Lipinski definition) is 2. The number of carbonyl (C=O) groups is 1. The van der Waals surface area contributed by atoms with Crippen LogP contribution in [0, 0.1) is 12.3 Å². The quantitative estimate of drug-likeness (QED) is 0.865. The van der Waals surface area contributed by atoms with Crippen LogP contribution >= 0.6 is 0 Å². The Morgan fingerprint density at radius 3 is 2.55 bits per heavy atom. The van der Waals surface area contributed by atoms with Gasteiger partial charge >= 0.3 is 0 Å². The summed E-state index contributed by atoms with van der Waals surface area (Å²) in [6.07, 6.45) is 6.12. The number of fused-ring (bicyclic) bond motifs is 1. The molecule has 1 amide bonds. The minimum atomic E-state index is -0.229. The SMILES string of the molecule is C#CCN(CCC)C(=O)c1cc2ccccc2cc1O. The van der Waals surface area contributed by atoms with E-state index in [-0.39, 0.29) is 18.2 Å². The number of phenols is 1. The summed E-state index contributed by atoms with van der Waals surface area (Å²) in [4.78, 5) is 14.0. The van der Waals surface area contributed by atoms with Gasteiger partial charge in [-0.25, -0.2) is 0 Å². The van der Waals surface area contributed by atoms with Crippen LogP contribution in [-0.2, 0) is 0 Å². The van der Waals surface area contributed by atoms with E-state index in [9.17, 15) is 9.90 Å². The van der Waals surface area contributed by atoms with Crippen LogP contribution < -0.4 is 0 Å². The summed E-state index contributed by atoms with van der Waals surface area (Å²) >= 11 is 0. The average molecular weight is 267 g/mol. The van der Waals surface area contributed by atoms with Gasteiger partial charge in [-0.15, -0.1) is 6.42 Å². The van der Waals surface area contributed by atoms with E-state index in [1.54, 1.807) is 17.0 Å². The summed E-state index contributed by atoms with van der Waals surface area (Å²) in [5.41, 5.74) is 0.299. The lowest BCUT2D eigenvalue weighted by atomic mass is 10.0. The van der Waals surface area contributed by atoms with Crippen molar-refractivity contribution in [1.82, 2.24) is 4.90 Å². The van der Waals surface area contributed by atoms with Crippen LogP contribution in [0.25, 0.3) is 10.8 Å². The molecule has 2 rings (SSSR count). The van der Waals surface area contributed by atoms with Crippen molar-refractivity contribution >= 4 is 16.7 Å². The molecule has 2 aromatic rings. The fraction of sp³-hybridized carbons (Fsp3) is 0.235. The number of rotatable bonds is 4. The van der Waals surface area contributed by atoms with Crippen LogP contribution in [0.1, 0.15) is 23.7 Å². The van der Waals surface area contributed by atoms with E-state index in [0.717, 1.165) is 17.2 Å². The van der Waals surface area contributed by atoms with Crippen molar-refractivity contribution in [3.63, 3.8) is 0 Å². The Balaban J connectivity index is 2.43. The third-order valence-corrected chi connectivity index (χ3v) is 3.16. The largest absolute Gasteiger partial charge is 0.507 e. The second-order valence-electron chi connectivity index (χ2n) is 4.65. The zero-order valence-electron chi connectivity index (χ0n) is 11.5. The minimum Gasteiger partial charge on any atom is -0.507 e. The van der Waals surface area contributed by atoms with Gasteiger partial charge in [0.1, 0.15) is 5.75 Å². The second kappa shape index (κ2) is 6.12. The minimum absolute atomic E-state index is 0.00757. The molecule has 3 heteroatoms. The first-order valence-electron chi connectivity index (χ1n) is 6.62. The number of nitrogens with zero attached hydrogens (tertiary/aromatic N) is 1. The van der Waals surface area contributed by atoms with Gasteiger partial charge in [0.2, 0.25) is 0 Å². The number of phenolic OH excluding ortho intramolecular Hbond substituents is 1. The van der Waals surface area contributed by atoms with Gasteiger partial charge in [0.25, 0.3) is 5.91 Å². The molecule has 20 heavy (non-hydrogen) atoms. The smallest absolute Gasteiger partial charge is 0.258 e. The molecule has 0 aliphatic rings. The van der Waals surface area contributed by atoms with Crippen LogP contribution in [0.4, 0.5) is 0 Å². The summed E-state index contributed by atoms with van der Waals surface area (Å²) in [5.74, 6) is 2.25. The second-order valence-corrected chi connectivity index (χ2v) is 4.65. The molecule has 0 spiro atoms. The van der Waals surface area contributed by atoms with Crippen LogP contribution in [-0.4, -0.2) is 29.0 Å². The van der Waals surface area contributed by atoms with Crippen LogP contribution in [0.15, 0.2) is 36.4 Å². The molecule has 0 fully saturated rings. The fourth-order valence-electron chi connectivity index (χ4n) is 2.20. The normalized spacial score (nSPS) is 10.2. The molecule has 0 radical (unpaired) electrons. The Kier molecular flexibility index (Phi) is 4.27. The van der Waals surface area contributed by atoms with E-state index in [2.05, 4.69) is 5.92 Å². The Bertz CT molecular complexity index is 670. The molecule has 0 unspecified atom stereocenters. The highest BCUT2D eigenvalue weighted by Crippen LogP contribution is 2.26. The number of terminal acetylenes is 1. The lowest BCUT2D eigenvalue weighted by Gasteiger charge is -2.20. The summed E-state index contributed by atoms with van der Waals surface area (Å²) in [6, 6.07) is 10.9. The molecular formula is C17H17NO2. The first-order valence-corrected chi connectivity index (χ1v) is 6.62. The molecule has 0 heterocycles. The van der Waals surface area contributed by atoms with Gasteiger partial charge in [-0.3, -0.25) is 4.79 Å².